The highest BCUT2D eigenvalue weighted by atomic mass is 16.5. The molecule has 1 amide bonds. The van der Waals surface area contributed by atoms with Gasteiger partial charge in [0.25, 0.3) is 5.56 Å². The Hall–Kier alpha value is -3.16. The first-order valence-corrected chi connectivity index (χ1v) is 11.1. The summed E-state index contributed by atoms with van der Waals surface area (Å²) in [7, 11) is 2.99. The van der Waals surface area contributed by atoms with Crippen molar-refractivity contribution in [2.24, 2.45) is 5.92 Å². The van der Waals surface area contributed by atoms with E-state index in [9.17, 15) is 14.4 Å². The highest BCUT2D eigenvalue weighted by Gasteiger charge is 2.23. The molecule has 1 aliphatic rings. The number of esters is 1. The van der Waals surface area contributed by atoms with Crippen molar-refractivity contribution in [3.05, 3.63) is 46.8 Å². The van der Waals surface area contributed by atoms with E-state index in [0.29, 0.717) is 51.2 Å². The highest BCUT2D eigenvalue weighted by Crippen LogP contribution is 2.22. The fourth-order valence-electron chi connectivity index (χ4n) is 3.91. The first kappa shape index (κ1) is 23.5. The lowest BCUT2D eigenvalue weighted by Gasteiger charge is -2.32. The van der Waals surface area contributed by atoms with Gasteiger partial charge in [-0.05, 0) is 61.9 Å². The predicted octanol–water partition coefficient (Wildman–Crippen LogP) is 2.89. The summed E-state index contributed by atoms with van der Waals surface area (Å²) in [6.07, 6.45) is 3.83. The van der Waals surface area contributed by atoms with Gasteiger partial charge in [-0.25, -0.2) is 4.68 Å². The number of hydrogen-bond donors (Lipinski definition) is 0. The lowest BCUT2D eigenvalue weighted by molar-refractivity contribution is -0.141. The summed E-state index contributed by atoms with van der Waals surface area (Å²) in [6.45, 7) is 1.92. The van der Waals surface area contributed by atoms with Crippen LogP contribution in [0.5, 0.6) is 5.75 Å². The van der Waals surface area contributed by atoms with E-state index < -0.39 is 0 Å². The second kappa shape index (κ2) is 11.5. The van der Waals surface area contributed by atoms with Crippen molar-refractivity contribution in [2.45, 2.75) is 45.1 Å². The molecule has 0 N–H and O–H groups in total. The molecule has 0 saturated carbocycles. The molecule has 8 heteroatoms. The topological polar surface area (TPSA) is 90.7 Å². The van der Waals surface area contributed by atoms with E-state index in [1.807, 2.05) is 29.2 Å². The molecular weight excluding hydrogens is 410 g/mol. The Labute approximate surface area is 188 Å². The molecule has 2 heterocycles. The number of amides is 1. The van der Waals surface area contributed by atoms with Crippen molar-refractivity contribution in [1.29, 1.82) is 0 Å². The van der Waals surface area contributed by atoms with E-state index in [0.717, 1.165) is 29.8 Å². The number of methoxy groups -OCH3 is 2. The summed E-state index contributed by atoms with van der Waals surface area (Å²) in [5, 5.41) is 4.56. The molecule has 0 unspecified atom stereocenters. The number of unbranched alkanes of at least 4 members (excludes halogenated alkanes) is 1. The van der Waals surface area contributed by atoms with Crippen LogP contribution in [0, 0.1) is 5.92 Å². The summed E-state index contributed by atoms with van der Waals surface area (Å²) in [4.78, 5) is 37.8. The van der Waals surface area contributed by atoms with E-state index in [4.69, 9.17) is 4.74 Å². The third kappa shape index (κ3) is 6.42. The van der Waals surface area contributed by atoms with Gasteiger partial charge in [0.15, 0.2) is 0 Å². The van der Waals surface area contributed by atoms with Crippen LogP contribution in [0.25, 0.3) is 11.3 Å². The van der Waals surface area contributed by atoms with Crippen molar-refractivity contribution in [1.82, 2.24) is 14.7 Å². The van der Waals surface area contributed by atoms with Gasteiger partial charge in [-0.2, -0.15) is 5.10 Å². The maximum Gasteiger partial charge on any atom is 0.305 e. The first-order valence-electron chi connectivity index (χ1n) is 11.1. The van der Waals surface area contributed by atoms with Crippen LogP contribution in [0.2, 0.25) is 0 Å². The molecule has 3 rings (SSSR count). The fraction of sp³-hybridized carbons (Fsp3) is 0.500. The summed E-state index contributed by atoms with van der Waals surface area (Å²) < 4.78 is 11.3. The molecule has 1 aliphatic heterocycles. The zero-order valence-electron chi connectivity index (χ0n) is 18.8. The minimum atomic E-state index is -0.238. The molecule has 8 nitrogen and oxygen atoms in total. The number of likely N-dealkylation sites (tertiary alicyclic amines) is 1. The van der Waals surface area contributed by atoms with Gasteiger partial charge in [-0.3, -0.25) is 14.4 Å². The minimum Gasteiger partial charge on any atom is -0.497 e. The second-order valence-electron chi connectivity index (χ2n) is 8.07. The predicted molar refractivity (Wildman–Crippen MR) is 120 cm³/mol. The Balaban J connectivity index is 1.50. The van der Waals surface area contributed by atoms with Crippen molar-refractivity contribution in [3.8, 4) is 17.0 Å². The average molecular weight is 442 g/mol. The maximum absolute atomic E-state index is 12.4. The third-order valence-corrected chi connectivity index (χ3v) is 5.90. The smallest absolute Gasteiger partial charge is 0.305 e. The van der Waals surface area contributed by atoms with Gasteiger partial charge >= 0.3 is 5.97 Å². The Morgan fingerprint density at radius 1 is 1.00 bits per heavy atom. The van der Waals surface area contributed by atoms with Crippen LogP contribution < -0.4 is 10.3 Å². The van der Waals surface area contributed by atoms with Crippen LogP contribution >= 0.6 is 0 Å². The van der Waals surface area contributed by atoms with Gasteiger partial charge in [-0.15, -0.1) is 0 Å². The molecule has 0 bridgehead atoms. The van der Waals surface area contributed by atoms with E-state index in [1.165, 1.54) is 11.8 Å². The van der Waals surface area contributed by atoms with E-state index in [-0.39, 0.29) is 17.4 Å². The van der Waals surface area contributed by atoms with Crippen LogP contribution in [0.3, 0.4) is 0 Å². The third-order valence-electron chi connectivity index (χ3n) is 5.90. The summed E-state index contributed by atoms with van der Waals surface area (Å²) in [5.74, 6) is 0.963. The molecule has 1 aromatic heterocycles. The first-order chi connectivity index (χ1) is 15.5. The van der Waals surface area contributed by atoms with E-state index in [1.54, 1.807) is 19.2 Å². The van der Waals surface area contributed by atoms with Crippen LogP contribution in [0.1, 0.15) is 38.5 Å². The molecule has 2 aromatic rings. The normalized spacial score (nSPS) is 14.2. The molecule has 172 valence electrons. The van der Waals surface area contributed by atoms with Crippen molar-refractivity contribution in [2.75, 3.05) is 27.3 Å². The number of aromatic nitrogens is 2. The molecule has 1 saturated heterocycles. The summed E-state index contributed by atoms with van der Waals surface area (Å²) in [6, 6.07) is 10.9. The maximum atomic E-state index is 12.4. The quantitative estimate of drug-likeness (QED) is 0.439. The summed E-state index contributed by atoms with van der Waals surface area (Å²) in [5.41, 5.74) is 1.55. The number of rotatable bonds is 9. The monoisotopic (exact) mass is 441 g/mol. The van der Waals surface area contributed by atoms with Gasteiger partial charge < -0.3 is 14.4 Å². The Morgan fingerprint density at radius 2 is 1.69 bits per heavy atom. The second-order valence-corrected chi connectivity index (χ2v) is 8.07. The molecule has 0 aliphatic carbocycles. The standard InChI is InChI=1S/C24H31N3O5/c1-31-20-9-7-19(8-10-20)21-11-12-23(29)27(25-21)17-18-13-15-26(16-14-18)22(28)5-3-4-6-24(30)32-2/h7-12,18H,3-6,13-17H2,1-2H3. The number of ether oxygens (including phenoxy) is 2. The number of piperidine rings is 1. The van der Waals surface area contributed by atoms with Crippen LogP contribution in [0.15, 0.2) is 41.2 Å². The number of hydrogen-bond acceptors (Lipinski definition) is 6. The molecule has 32 heavy (non-hydrogen) atoms. The van der Waals surface area contributed by atoms with Gasteiger partial charge in [0.1, 0.15) is 5.75 Å². The van der Waals surface area contributed by atoms with E-state index >= 15 is 0 Å². The van der Waals surface area contributed by atoms with Gasteiger partial charge in [0.05, 0.1) is 19.9 Å². The van der Waals surface area contributed by atoms with Crippen LogP contribution in [0.4, 0.5) is 0 Å². The fourth-order valence-corrected chi connectivity index (χ4v) is 3.91. The highest BCUT2D eigenvalue weighted by molar-refractivity contribution is 5.76. The molecule has 0 radical (unpaired) electrons. The molecular formula is C24H31N3O5. The van der Waals surface area contributed by atoms with Gasteiger partial charge in [-0.1, -0.05) is 0 Å². The largest absolute Gasteiger partial charge is 0.497 e. The Bertz CT molecular complexity index is 962. The van der Waals surface area contributed by atoms with Crippen LogP contribution in [-0.2, 0) is 20.9 Å². The van der Waals surface area contributed by atoms with E-state index in [2.05, 4.69) is 9.84 Å². The van der Waals surface area contributed by atoms with Gasteiger partial charge in [0, 0.05) is 44.1 Å². The average Bonchev–Trinajstić information content (AvgIpc) is 2.83. The number of carbonyl (C=O) groups is 2. The number of nitrogens with zero attached hydrogens (tertiary/aromatic N) is 3. The SMILES string of the molecule is COC(=O)CCCCC(=O)N1CCC(Cn2nc(-c3ccc(OC)cc3)ccc2=O)CC1. The van der Waals surface area contributed by atoms with Gasteiger partial charge in [0.2, 0.25) is 5.91 Å². The Morgan fingerprint density at radius 3 is 2.34 bits per heavy atom. The van der Waals surface area contributed by atoms with Crippen LogP contribution in [-0.4, -0.2) is 53.9 Å². The van der Waals surface area contributed by atoms with Crippen molar-refractivity contribution >= 4 is 11.9 Å². The summed E-state index contributed by atoms with van der Waals surface area (Å²) >= 11 is 0. The molecule has 1 aromatic carbocycles. The lowest BCUT2D eigenvalue weighted by atomic mass is 9.96. The molecule has 0 atom stereocenters. The minimum absolute atomic E-state index is 0.119. The molecule has 1 fully saturated rings. The number of carbonyl (C=O) groups excluding carboxylic acids is 2. The zero-order valence-corrected chi connectivity index (χ0v) is 18.8. The number of benzene rings is 1. The van der Waals surface area contributed by atoms with Crippen molar-refractivity contribution < 1.29 is 19.1 Å². The lowest BCUT2D eigenvalue weighted by Crippen LogP contribution is -2.40. The molecule has 0 spiro atoms. The zero-order chi connectivity index (χ0) is 22.9. The Kier molecular flexibility index (Phi) is 8.41. The van der Waals surface area contributed by atoms with Crippen molar-refractivity contribution in [3.63, 3.8) is 0 Å².